The molecule has 8 heteroatoms. The van der Waals surface area contributed by atoms with Crippen molar-refractivity contribution in [3.8, 4) is 0 Å². The molecule has 0 aliphatic carbocycles. The number of aryl methyl sites for hydroxylation is 1. The summed E-state index contributed by atoms with van der Waals surface area (Å²) < 4.78 is 0. The summed E-state index contributed by atoms with van der Waals surface area (Å²) in [6.07, 6.45) is 3.70. The molecule has 8 nitrogen and oxygen atoms in total. The monoisotopic (exact) mass is 387 g/mol. The first-order valence-corrected chi connectivity index (χ1v) is 10.3. The number of piperidine rings is 3. The van der Waals surface area contributed by atoms with Crippen molar-refractivity contribution < 1.29 is 9.59 Å². The van der Waals surface area contributed by atoms with Gasteiger partial charge in [-0.25, -0.2) is 4.98 Å². The van der Waals surface area contributed by atoms with Gasteiger partial charge in [0.05, 0.1) is 11.7 Å². The molecule has 3 fully saturated rings. The summed E-state index contributed by atoms with van der Waals surface area (Å²) in [5, 5.41) is 2.94. The Balaban J connectivity index is 1.55. The van der Waals surface area contributed by atoms with Gasteiger partial charge in [0, 0.05) is 51.6 Å². The molecule has 0 radical (unpaired) electrons. The number of carbonyl (C=O) groups excluding carboxylic acids is 2. The fourth-order valence-electron chi connectivity index (χ4n) is 5.46. The van der Waals surface area contributed by atoms with Gasteiger partial charge in [-0.3, -0.25) is 19.3 Å². The van der Waals surface area contributed by atoms with Crippen LogP contribution in [-0.4, -0.2) is 63.3 Å². The van der Waals surface area contributed by atoms with Crippen LogP contribution in [0.15, 0.2) is 10.9 Å². The van der Waals surface area contributed by atoms with E-state index in [1.807, 2.05) is 0 Å². The van der Waals surface area contributed by atoms with E-state index in [1.165, 1.54) is 6.92 Å². The predicted octanol–water partition coefficient (Wildman–Crippen LogP) is 0.416. The summed E-state index contributed by atoms with van der Waals surface area (Å²) in [5.74, 6) is 1.58. The molecule has 152 valence electrons. The lowest BCUT2D eigenvalue weighted by atomic mass is 9.72. The van der Waals surface area contributed by atoms with Crippen LogP contribution in [-0.2, 0) is 16.1 Å². The Bertz CT molecular complexity index is 822. The Morgan fingerprint density at radius 3 is 2.86 bits per heavy atom. The van der Waals surface area contributed by atoms with Crippen LogP contribution in [0.5, 0.6) is 0 Å². The minimum atomic E-state index is -0.118. The molecule has 1 aromatic rings. The van der Waals surface area contributed by atoms with Crippen LogP contribution in [0, 0.1) is 18.8 Å². The fraction of sp³-hybridized carbons (Fsp3) is 0.700. The number of hydrogen-bond donors (Lipinski definition) is 2. The SMILES string of the molecule is CC(=O)NC[C@H]1[C@H]2C[C@H](CN(Cc3cc(=O)[nH]c(C)n3)C2)[C@@H]2CCCC(=O)N21. The number of amides is 2. The zero-order valence-corrected chi connectivity index (χ0v) is 16.6. The van der Waals surface area contributed by atoms with Crippen LogP contribution in [0.2, 0.25) is 0 Å². The summed E-state index contributed by atoms with van der Waals surface area (Å²) in [6, 6.07) is 1.88. The summed E-state index contributed by atoms with van der Waals surface area (Å²) in [5.41, 5.74) is 0.670. The van der Waals surface area contributed by atoms with E-state index in [2.05, 4.69) is 25.1 Å². The number of likely N-dealkylation sites (tertiary alicyclic amines) is 1. The van der Waals surface area contributed by atoms with Crippen LogP contribution >= 0.6 is 0 Å². The van der Waals surface area contributed by atoms with E-state index >= 15 is 0 Å². The van der Waals surface area contributed by atoms with Gasteiger partial charge in [-0.15, -0.1) is 0 Å². The van der Waals surface area contributed by atoms with Crippen LogP contribution in [0.1, 0.15) is 44.1 Å². The van der Waals surface area contributed by atoms with Crippen molar-refractivity contribution >= 4 is 11.8 Å². The van der Waals surface area contributed by atoms with Crippen LogP contribution in [0.3, 0.4) is 0 Å². The lowest BCUT2D eigenvalue weighted by Gasteiger charge is -2.56. The third-order valence-corrected chi connectivity index (χ3v) is 6.43. The van der Waals surface area contributed by atoms with Gasteiger partial charge in [0.15, 0.2) is 0 Å². The number of H-pyrrole nitrogens is 1. The third kappa shape index (κ3) is 3.83. The van der Waals surface area contributed by atoms with Gasteiger partial charge in [-0.2, -0.15) is 0 Å². The van der Waals surface area contributed by atoms with Crippen molar-refractivity contribution in [3.63, 3.8) is 0 Å². The fourth-order valence-corrected chi connectivity index (χ4v) is 5.46. The number of fused-ring (bicyclic) bond motifs is 4. The lowest BCUT2D eigenvalue weighted by Crippen LogP contribution is -2.66. The Kier molecular flexibility index (Phi) is 5.23. The number of nitrogens with one attached hydrogen (secondary N) is 2. The maximum absolute atomic E-state index is 12.7. The summed E-state index contributed by atoms with van der Waals surface area (Å²) in [7, 11) is 0. The molecule has 3 aliphatic rings. The van der Waals surface area contributed by atoms with Gasteiger partial charge in [0.2, 0.25) is 11.8 Å². The second-order valence-corrected chi connectivity index (χ2v) is 8.54. The van der Waals surface area contributed by atoms with Crippen molar-refractivity contribution in [2.75, 3.05) is 19.6 Å². The second kappa shape index (κ2) is 7.66. The summed E-state index contributed by atoms with van der Waals surface area (Å²) in [6.45, 7) is 6.26. The molecule has 1 aromatic heterocycles. The van der Waals surface area contributed by atoms with Gasteiger partial charge in [-0.1, -0.05) is 0 Å². The number of carbonyl (C=O) groups is 2. The van der Waals surface area contributed by atoms with E-state index < -0.39 is 0 Å². The van der Waals surface area contributed by atoms with E-state index in [9.17, 15) is 14.4 Å². The van der Waals surface area contributed by atoms with E-state index in [0.717, 1.165) is 38.0 Å². The van der Waals surface area contributed by atoms with E-state index in [-0.39, 0.29) is 29.5 Å². The summed E-state index contributed by atoms with van der Waals surface area (Å²) in [4.78, 5) is 47.6. The van der Waals surface area contributed by atoms with Crippen molar-refractivity contribution in [1.82, 2.24) is 25.1 Å². The first-order valence-electron chi connectivity index (χ1n) is 10.3. The molecule has 0 unspecified atom stereocenters. The molecule has 0 spiro atoms. The lowest BCUT2D eigenvalue weighted by molar-refractivity contribution is -0.153. The minimum absolute atomic E-state index is 0.0506. The highest BCUT2D eigenvalue weighted by Crippen LogP contribution is 2.41. The number of rotatable bonds is 4. The topological polar surface area (TPSA) is 98.4 Å². The quantitative estimate of drug-likeness (QED) is 0.780. The first kappa shape index (κ1) is 19.1. The van der Waals surface area contributed by atoms with Gasteiger partial charge < -0.3 is 15.2 Å². The summed E-state index contributed by atoms with van der Waals surface area (Å²) >= 11 is 0. The molecule has 2 bridgehead atoms. The molecule has 28 heavy (non-hydrogen) atoms. The minimum Gasteiger partial charge on any atom is -0.354 e. The third-order valence-electron chi connectivity index (χ3n) is 6.43. The standard InChI is InChI=1S/C20H29N5O3/c1-12-22-16(7-19(27)23-12)11-24-9-14-6-15(10-24)18(8-21-13(2)26)25-17(14)4-3-5-20(25)28/h7,14-15,17-18H,3-6,8-11H2,1-2H3,(H,21,26)(H,22,23,27)/t14-,15+,17+,18+/m1/s1. The zero-order valence-electron chi connectivity index (χ0n) is 16.6. The smallest absolute Gasteiger partial charge is 0.251 e. The number of aromatic amines is 1. The van der Waals surface area contributed by atoms with Crippen LogP contribution in [0.4, 0.5) is 0 Å². The first-order chi connectivity index (χ1) is 13.4. The Labute approximate surface area is 164 Å². The zero-order chi connectivity index (χ0) is 19.8. The van der Waals surface area contributed by atoms with E-state index in [0.29, 0.717) is 37.2 Å². The van der Waals surface area contributed by atoms with Gasteiger partial charge in [0.25, 0.3) is 5.56 Å². The van der Waals surface area contributed by atoms with Crippen molar-refractivity contribution in [2.24, 2.45) is 11.8 Å². The molecule has 4 rings (SSSR count). The molecule has 2 amide bonds. The average Bonchev–Trinajstić information content (AvgIpc) is 2.61. The number of hydrogen-bond acceptors (Lipinski definition) is 5. The molecule has 3 saturated heterocycles. The molecule has 0 aromatic carbocycles. The van der Waals surface area contributed by atoms with Crippen molar-refractivity contribution in [1.29, 1.82) is 0 Å². The van der Waals surface area contributed by atoms with Gasteiger partial charge in [-0.05, 0) is 38.0 Å². The van der Waals surface area contributed by atoms with Crippen LogP contribution < -0.4 is 10.9 Å². The average molecular weight is 387 g/mol. The molecule has 3 aliphatic heterocycles. The van der Waals surface area contributed by atoms with Crippen molar-refractivity contribution in [2.45, 2.75) is 58.2 Å². The van der Waals surface area contributed by atoms with Crippen molar-refractivity contribution in [3.05, 3.63) is 27.9 Å². The number of aromatic nitrogens is 2. The maximum Gasteiger partial charge on any atom is 0.251 e. The predicted molar refractivity (Wildman–Crippen MR) is 103 cm³/mol. The maximum atomic E-state index is 12.7. The molecule has 4 atom stereocenters. The van der Waals surface area contributed by atoms with E-state index in [1.54, 1.807) is 13.0 Å². The Morgan fingerprint density at radius 1 is 1.32 bits per heavy atom. The van der Waals surface area contributed by atoms with Gasteiger partial charge in [0.1, 0.15) is 5.82 Å². The molecule has 0 saturated carbocycles. The van der Waals surface area contributed by atoms with E-state index in [4.69, 9.17) is 0 Å². The van der Waals surface area contributed by atoms with Crippen LogP contribution in [0.25, 0.3) is 0 Å². The molecular weight excluding hydrogens is 358 g/mol. The largest absolute Gasteiger partial charge is 0.354 e. The molecular formula is C20H29N5O3. The molecule has 2 N–H and O–H groups in total. The highest BCUT2D eigenvalue weighted by molar-refractivity contribution is 5.78. The second-order valence-electron chi connectivity index (χ2n) is 8.54. The normalized spacial score (nSPS) is 30.1. The highest BCUT2D eigenvalue weighted by Gasteiger charge is 2.49. The van der Waals surface area contributed by atoms with Gasteiger partial charge >= 0.3 is 0 Å². The Hall–Kier alpha value is -2.22. The highest BCUT2D eigenvalue weighted by atomic mass is 16.2. The molecule has 4 heterocycles. The number of nitrogens with zero attached hydrogens (tertiary/aromatic N) is 3. The Morgan fingerprint density at radius 2 is 2.11 bits per heavy atom.